The van der Waals surface area contributed by atoms with Crippen molar-refractivity contribution >= 4 is 27.7 Å². The fourth-order valence-corrected chi connectivity index (χ4v) is 3.06. The number of carbonyl (C=O) groups excluding carboxylic acids is 3. The van der Waals surface area contributed by atoms with Crippen molar-refractivity contribution in [1.82, 2.24) is 5.32 Å². The van der Waals surface area contributed by atoms with Gasteiger partial charge in [-0.05, 0) is 23.6 Å². The summed E-state index contributed by atoms with van der Waals surface area (Å²) >= 11 is 0. The van der Waals surface area contributed by atoms with Crippen LogP contribution >= 0.6 is 0 Å². The molecule has 0 heterocycles. The molecule has 1 amide bonds. The first-order chi connectivity index (χ1) is 12.6. The Morgan fingerprint density at radius 3 is 2.22 bits per heavy atom. The lowest BCUT2D eigenvalue weighted by molar-refractivity contribution is -0.147. The smallest absolute Gasteiger partial charge is 0.338 e. The van der Waals surface area contributed by atoms with Crippen LogP contribution in [0.1, 0.15) is 36.2 Å². The topological polar surface area (TPSA) is 116 Å². The predicted octanol–water partition coefficient (Wildman–Crippen LogP) is 1.09. The summed E-state index contributed by atoms with van der Waals surface area (Å²) in [6.07, 6.45) is 1.77. The maximum Gasteiger partial charge on any atom is 0.338 e. The summed E-state index contributed by atoms with van der Waals surface area (Å²) in [6, 6.07) is 5.05. The molecule has 0 fully saturated rings. The lowest BCUT2D eigenvalue weighted by atomic mass is 9.99. The minimum absolute atomic E-state index is 0.130. The number of hydrogen-bond acceptors (Lipinski definition) is 7. The van der Waals surface area contributed by atoms with Gasteiger partial charge in [0, 0.05) is 6.26 Å². The molecule has 1 rings (SSSR count). The molecule has 27 heavy (non-hydrogen) atoms. The van der Waals surface area contributed by atoms with Gasteiger partial charge in [-0.2, -0.15) is 0 Å². The quantitative estimate of drug-likeness (QED) is 0.618. The van der Waals surface area contributed by atoms with Crippen molar-refractivity contribution < 1.29 is 32.3 Å². The van der Waals surface area contributed by atoms with E-state index in [1.165, 1.54) is 31.4 Å². The number of sulfone groups is 1. The van der Waals surface area contributed by atoms with Crippen molar-refractivity contribution in [2.75, 3.05) is 20.0 Å². The normalized spacial score (nSPS) is 13.3. The van der Waals surface area contributed by atoms with Crippen molar-refractivity contribution in [2.45, 2.75) is 32.1 Å². The summed E-state index contributed by atoms with van der Waals surface area (Å²) in [4.78, 5) is 35.7. The molecule has 1 aromatic carbocycles. The number of hydrogen-bond donors (Lipinski definition) is 1. The van der Waals surface area contributed by atoms with Crippen molar-refractivity contribution in [3.63, 3.8) is 0 Å². The SMILES string of the molecule is CC[C@H](C)[C@@H](NC(=O)COC(=O)c1ccc(CS(C)(=O)=O)cc1)C(=O)OC. The highest BCUT2D eigenvalue weighted by Gasteiger charge is 2.27. The van der Waals surface area contributed by atoms with Gasteiger partial charge in [0.1, 0.15) is 6.04 Å². The van der Waals surface area contributed by atoms with Crippen molar-refractivity contribution in [1.29, 1.82) is 0 Å². The van der Waals surface area contributed by atoms with Crippen LogP contribution in [0, 0.1) is 5.92 Å². The molecule has 0 bridgehead atoms. The Morgan fingerprint density at radius 1 is 1.15 bits per heavy atom. The highest BCUT2D eigenvalue weighted by atomic mass is 32.2. The van der Waals surface area contributed by atoms with E-state index in [1.807, 2.05) is 6.92 Å². The van der Waals surface area contributed by atoms with Crippen LogP contribution in [0.2, 0.25) is 0 Å². The molecule has 0 aliphatic carbocycles. The van der Waals surface area contributed by atoms with Crippen LogP contribution < -0.4 is 5.32 Å². The molecular weight excluding hydrogens is 374 g/mol. The number of esters is 2. The number of benzene rings is 1. The first-order valence-electron chi connectivity index (χ1n) is 8.38. The van der Waals surface area contributed by atoms with Crippen molar-refractivity contribution in [3.8, 4) is 0 Å². The van der Waals surface area contributed by atoms with E-state index >= 15 is 0 Å². The van der Waals surface area contributed by atoms with Gasteiger partial charge in [0.2, 0.25) is 0 Å². The molecule has 0 saturated heterocycles. The van der Waals surface area contributed by atoms with Crippen molar-refractivity contribution in [3.05, 3.63) is 35.4 Å². The van der Waals surface area contributed by atoms with Crippen LogP contribution in [-0.4, -0.2) is 52.3 Å². The summed E-state index contributed by atoms with van der Waals surface area (Å²) in [6.45, 7) is 3.13. The Bertz CT molecular complexity index is 771. The van der Waals surface area contributed by atoms with Crippen LogP contribution in [-0.2, 0) is 34.7 Å². The second kappa shape index (κ2) is 10.1. The molecule has 1 N–H and O–H groups in total. The molecule has 0 aliphatic rings. The summed E-state index contributed by atoms with van der Waals surface area (Å²) in [7, 11) is -1.94. The average molecular weight is 399 g/mol. The number of nitrogens with one attached hydrogen (secondary N) is 1. The highest BCUT2D eigenvalue weighted by molar-refractivity contribution is 7.89. The average Bonchev–Trinajstić information content (AvgIpc) is 2.62. The van der Waals surface area contributed by atoms with E-state index in [1.54, 1.807) is 6.92 Å². The van der Waals surface area contributed by atoms with Crippen molar-refractivity contribution in [2.24, 2.45) is 5.92 Å². The second-order valence-electron chi connectivity index (χ2n) is 6.30. The van der Waals surface area contributed by atoms with Gasteiger partial charge < -0.3 is 14.8 Å². The van der Waals surface area contributed by atoms with Gasteiger partial charge >= 0.3 is 11.9 Å². The maximum atomic E-state index is 12.0. The maximum absolute atomic E-state index is 12.0. The van der Waals surface area contributed by atoms with Gasteiger partial charge in [0.05, 0.1) is 18.4 Å². The van der Waals surface area contributed by atoms with E-state index in [0.717, 1.165) is 6.26 Å². The molecule has 0 aliphatic heterocycles. The molecule has 0 unspecified atom stereocenters. The Kier molecular flexibility index (Phi) is 8.42. The van der Waals surface area contributed by atoms with Gasteiger partial charge in [-0.25, -0.2) is 18.0 Å². The lowest BCUT2D eigenvalue weighted by Crippen LogP contribution is -2.47. The van der Waals surface area contributed by atoms with Gasteiger partial charge in [-0.15, -0.1) is 0 Å². The fourth-order valence-electron chi connectivity index (χ4n) is 2.27. The van der Waals surface area contributed by atoms with Crippen LogP contribution in [0.4, 0.5) is 0 Å². The van der Waals surface area contributed by atoms with E-state index < -0.39 is 40.3 Å². The van der Waals surface area contributed by atoms with Crippen LogP contribution in [0.15, 0.2) is 24.3 Å². The number of ether oxygens (including phenoxy) is 2. The van der Waals surface area contributed by atoms with Crippen LogP contribution in [0.5, 0.6) is 0 Å². The predicted molar refractivity (Wildman–Crippen MR) is 98.7 cm³/mol. The summed E-state index contributed by atoms with van der Waals surface area (Å²) in [5.41, 5.74) is 0.729. The Balaban J connectivity index is 2.62. The molecule has 0 spiro atoms. The molecule has 1 aromatic rings. The number of amides is 1. The van der Waals surface area contributed by atoms with Crippen LogP contribution in [0.3, 0.4) is 0 Å². The Morgan fingerprint density at radius 2 is 1.74 bits per heavy atom. The molecule has 2 atom stereocenters. The monoisotopic (exact) mass is 399 g/mol. The molecular formula is C18H25NO7S. The summed E-state index contributed by atoms with van der Waals surface area (Å²) in [5, 5.41) is 2.50. The molecule has 8 nitrogen and oxygen atoms in total. The fraction of sp³-hybridized carbons (Fsp3) is 0.500. The first kappa shape index (κ1) is 22.6. The zero-order valence-corrected chi connectivity index (χ0v) is 16.7. The standard InChI is InChI=1S/C18H25NO7S/c1-5-12(2)16(18(22)25-3)19-15(20)10-26-17(21)14-8-6-13(7-9-14)11-27(4,23)24/h6-9,12,16H,5,10-11H2,1-4H3,(H,19,20)/t12-,16+/m0/s1. The van der Waals surface area contributed by atoms with Gasteiger partial charge in [-0.3, -0.25) is 4.79 Å². The third-order valence-electron chi connectivity index (χ3n) is 3.94. The molecule has 0 radical (unpaired) electrons. The first-order valence-corrected chi connectivity index (χ1v) is 10.4. The zero-order chi connectivity index (χ0) is 20.6. The molecule has 150 valence electrons. The highest BCUT2D eigenvalue weighted by Crippen LogP contribution is 2.10. The molecule has 9 heteroatoms. The minimum Gasteiger partial charge on any atom is -0.467 e. The summed E-state index contributed by atoms with van der Waals surface area (Å²) in [5.74, 6) is -2.18. The van der Waals surface area contributed by atoms with Gasteiger partial charge in [0.25, 0.3) is 5.91 Å². The zero-order valence-electron chi connectivity index (χ0n) is 15.9. The minimum atomic E-state index is -3.17. The van der Waals surface area contributed by atoms with Crippen LogP contribution in [0.25, 0.3) is 0 Å². The third kappa shape index (κ3) is 7.78. The van der Waals surface area contributed by atoms with Gasteiger partial charge in [-0.1, -0.05) is 32.4 Å². The third-order valence-corrected chi connectivity index (χ3v) is 4.80. The van der Waals surface area contributed by atoms with E-state index in [0.29, 0.717) is 12.0 Å². The number of rotatable bonds is 9. The molecule has 0 saturated carbocycles. The largest absolute Gasteiger partial charge is 0.467 e. The van der Waals surface area contributed by atoms with E-state index in [-0.39, 0.29) is 17.2 Å². The Hall–Kier alpha value is -2.42. The summed E-state index contributed by atoms with van der Waals surface area (Å²) < 4.78 is 32.1. The lowest BCUT2D eigenvalue weighted by Gasteiger charge is -2.21. The van der Waals surface area contributed by atoms with E-state index in [2.05, 4.69) is 10.1 Å². The second-order valence-corrected chi connectivity index (χ2v) is 8.44. The number of methoxy groups -OCH3 is 1. The Labute approximate surface area is 159 Å². The molecule has 0 aromatic heterocycles. The van der Waals surface area contributed by atoms with E-state index in [4.69, 9.17) is 4.74 Å². The number of carbonyl (C=O) groups is 3. The van der Waals surface area contributed by atoms with E-state index in [9.17, 15) is 22.8 Å². The van der Waals surface area contributed by atoms with Gasteiger partial charge in [0.15, 0.2) is 16.4 Å².